The van der Waals surface area contributed by atoms with Gasteiger partial charge in [-0.3, -0.25) is 9.59 Å². The van der Waals surface area contributed by atoms with Crippen LogP contribution in [-0.4, -0.2) is 32.1 Å². The van der Waals surface area contributed by atoms with Crippen molar-refractivity contribution in [2.24, 2.45) is 0 Å². The van der Waals surface area contributed by atoms with E-state index in [2.05, 4.69) is 5.32 Å². The maximum absolute atomic E-state index is 12.3. The molecule has 2 aromatic rings. The first kappa shape index (κ1) is 19.7. The second-order valence-electron chi connectivity index (χ2n) is 6.73. The van der Waals surface area contributed by atoms with E-state index in [0.717, 1.165) is 36.4 Å². The minimum absolute atomic E-state index is 0.0609. The van der Waals surface area contributed by atoms with E-state index < -0.39 is 0 Å². The Morgan fingerprint density at radius 3 is 2.36 bits per heavy atom. The van der Waals surface area contributed by atoms with Crippen LogP contribution in [0.2, 0.25) is 0 Å². The molecule has 3 rings (SSSR count). The van der Waals surface area contributed by atoms with Crippen molar-refractivity contribution in [1.82, 2.24) is 5.32 Å². The fraction of sp³-hybridized carbons (Fsp3) is 0.364. The van der Waals surface area contributed by atoms with E-state index in [9.17, 15) is 9.59 Å². The van der Waals surface area contributed by atoms with Gasteiger partial charge in [-0.1, -0.05) is 19.1 Å². The van der Waals surface area contributed by atoms with Crippen molar-refractivity contribution in [2.45, 2.75) is 32.2 Å². The number of amides is 2. The molecule has 148 valence electrons. The molecule has 6 nitrogen and oxygen atoms in total. The van der Waals surface area contributed by atoms with Crippen molar-refractivity contribution < 1.29 is 19.1 Å². The average Bonchev–Trinajstić information content (AvgIpc) is 3.17. The van der Waals surface area contributed by atoms with E-state index in [0.29, 0.717) is 12.2 Å². The zero-order valence-corrected chi connectivity index (χ0v) is 16.3. The van der Waals surface area contributed by atoms with Crippen LogP contribution in [0.1, 0.15) is 37.8 Å². The zero-order valence-electron chi connectivity index (χ0n) is 16.3. The molecular weight excluding hydrogens is 356 g/mol. The van der Waals surface area contributed by atoms with Crippen LogP contribution in [-0.2, 0) is 9.59 Å². The summed E-state index contributed by atoms with van der Waals surface area (Å²) < 4.78 is 10.8. The Hall–Kier alpha value is -3.02. The lowest BCUT2D eigenvalue weighted by atomic mass is 10.0. The molecule has 2 aromatic carbocycles. The maximum atomic E-state index is 12.3. The largest absolute Gasteiger partial charge is 0.497 e. The van der Waals surface area contributed by atoms with Gasteiger partial charge in [0, 0.05) is 18.7 Å². The SMILES string of the molecule is CCC(NC(=O)COc1ccc(N2CCCC2=O)cc1)c1ccc(OC)cc1. The number of ether oxygens (including phenoxy) is 2. The highest BCUT2D eigenvalue weighted by Crippen LogP contribution is 2.24. The summed E-state index contributed by atoms with van der Waals surface area (Å²) in [5.41, 5.74) is 1.89. The molecule has 2 amide bonds. The van der Waals surface area contributed by atoms with Gasteiger partial charge in [-0.05, 0) is 54.8 Å². The average molecular weight is 382 g/mol. The molecule has 1 unspecified atom stereocenters. The summed E-state index contributed by atoms with van der Waals surface area (Å²) in [5.74, 6) is 1.36. The van der Waals surface area contributed by atoms with E-state index in [-0.39, 0.29) is 24.5 Å². The van der Waals surface area contributed by atoms with Crippen LogP contribution in [0.5, 0.6) is 11.5 Å². The first-order valence-corrected chi connectivity index (χ1v) is 9.57. The molecule has 1 N–H and O–H groups in total. The Morgan fingerprint density at radius 2 is 1.79 bits per heavy atom. The molecule has 0 saturated carbocycles. The lowest BCUT2D eigenvalue weighted by molar-refractivity contribution is -0.124. The lowest BCUT2D eigenvalue weighted by Crippen LogP contribution is -2.32. The van der Waals surface area contributed by atoms with Gasteiger partial charge in [0.2, 0.25) is 5.91 Å². The second-order valence-corrected chi connectivity index (χ2v) is 6.73. The Kier molecular flexibility index (Phi) is 6.53. The van der Waals surface area contributed by atoms with Gasteiger partial charge in [0.25, 0.3) is 5.91 Å². The summed E-state index contributed by atoms with van der Waals surface area (Å²) in [6.07, 6.45) is 2.27. The van der Waals surface area contributed by atoms with Crippen molar-refractivity contribution >= 4 is 17.5 Å². The number of methoxy groups -OCH3 is 1. The smallest absolute Gasteiger partial charge is 0.258 e. The van der Waals surface area contributed by atoms with E-state index in [1.807, 2.05) is 43.3 Å². The van der Waals surface area contributed by atoms with E-state index in [4.69, 9.17) is 9.47 Å². The Balaban J connectivity index is 1.52. The van der Waals surface area contributed by atoms with E-state index in [1.54, 1.807) is 24.1 Å². The normalized spacial score (nSPS) is 14.6. The third-order valence-corrected chi connectivity index (χ3v) is 4.85. The summed E-state index contributed by atoms with van der Waals surface area (Å²) in [5, 5.41) is 3.00. The molecule has 1 aliphatic heterocycles. The van der Waals surface area contributed by atoms with Gasteiger partial charge in [-0.25, -0.2) is 0 Å². The molecule has 0 aliphatic carbocycles. The minimum atomic E-state index is -0.179. The van der Waals surface area contributed by atoms with Gasteiger partial charge in [-0.15, -0.1) is 0 Å². The maximum Gasteiger partial charge on any atom is 0.258 e. The number of anilines is 1. The quantitative estimate of drug-likeness (QED) is 0.759. The molecule has 0 radical (unpaired) electrons. The number of carbonyl (C=O) groups excluding carboxylic acids is 2. The number of carbonyl (C=O) groups is 2. The zero-order chi connectivity index (χ0) is 19.9. The number of nitrogens with one attached hydrogen (secondary N) is 1. The Morgan fingerprint density at radius 1 is 1.11 bits per heavy atom. The topological polar surface area (TPSA) is 67.9 Å². The van der Waals surface area contributed by atoms with E-state index >= 15 is 0 Å². The molecule has 0 spiro atoms. The monoisotopic (exact) mass is 382 g/mol. The highest BCUT2D eigenvalue weighted by Gasteiger charge is 2.21. The molecular formula is C22H26N2O4. The second kappa shape index (κ2) is 9.26. The predicted molar refractivity (Wildman–Crippen MR) is 108 cm³/mol. The first-order chi connectivity index (χ1) is 13.6. The molecule has 1 aliphatic rings. The highest BCUT2D eigenvalue weighted by molar-refractivity contribution is 5.95. The fourth-order valence-electron chi connectivity index (χ4n) is 3.29. The predicted octanol–water partition coefficient (Wildman–Crippen LogP) is 3.47. The standard InChI is InChI=1S/C22H26N2O4/c1-3-20(16-6-10-18(27-2)11-7-16)23-21(25)15-28-19-12-8-17(9-13-19)24-14-4-5-22(24)26/h6-13,20H,3-5,14-15H2,1-2H3,(H,23,25). The van der Waals surface area contributed by atoms with Crippen LogP contribution >= 0.6 is 0 Å². The van der Waals surface area contributed by atoms with Gasteiger partial charge in [0.05, 0.1) is 13.2 Å². The molecule has 1 heterocycles. The lowest BCUT2D eigenvalue weighted by Gasteiger charge is -2.18. The summed E-state index contributed by atoms with van der Waals surface area (Å²) in [7, 11) is 1.63. The van der Waals surface area contributed by atoms with Crippen molar-refractivity contribution in [3.8, 4) is 11.5 Å². The summed E-state index contributed by atoms with van der Waals surface area (Å²) in [4.78, 5) is 25.9. The van der Waals surface area contributed by atoms with Crippen molar-refractivity contribution in [3.05, 3.63) is 54.1 Å². The first-order valence-electron chi connectivity index (χ1n) is 9.57. The molecule has 28 heavy (non-hydrogen) atoms. The molecule has 0 bridgehead atoms. The van der Waals surface area contributed by atoms with Gasteiger partial charge in [0.1, 0.15) is 11.5 Å². The third-order valence-electron chi connectivity index (χ3n) is 4.85. The summed E-state index contributed by atoms with van der Waals surface area (Å²) in [6.45, 7) is 2.72. The third kappa shape index (κ3) is 4.82. The molecule has 6 heteroatoms. The Bertz CT molecular complexity index is 802. The van der Waals surface area contributed by atoms with Crippen LogP contribution in [0.15, 0.2) is 48.5 Å². The van der Waals surface area contributed by atoms with Crippen molar-refractivity contribution in [3.63, 3.8) is 0 Å². The fourth-order valence-corrected chi connectivity index (χ4v) is 3.29. The highest BCUT2D eigenvalue weighted by atomic mass is 16.5. The van der Waals surface area contributed by atoms with Gasteiger partial charge in [0.15, 0.2) is 6.61 Å². The number of hydrogen-bond donors (Lipinski definition) is 1. The molecule has 1 atom stereocenters. The van der Waals surface area contributed by atoms with E-state index in [1.165, 1.54) is 0 Å². The van der Waals surface area contributed by atoms with Gasteiger partial charge < -0.3 is 19.7 Å². The molecule has 0 aromatic heterocycles. The number of nitrogens with zero attached hydrogens (tertiary/aromatic N) is 1. The molecule has 1 saturated heterocycles. The summed E-state index contributed by atoms with van der Waals surface area (Å²) in [6, 6.07) is 14.9. The molecule has 1 fully saturated rings. The minimum Gasteiger partial charge on any atom is -0.497 e. The van der Waals surface area contributed by atoms with Crippen LogP contribution in [0.25, 0.3) is 0 Å². The Labute approximate surface area is 165 Å². The van der Waals surface area contributed by atoms with Crippen LogP contribution in [0, 0.1) is 0 Å². The van der Waals surface area contributed by atoms with Crippen LogP contribution in [0.4, 0.5) is 5.69 Å². The number of benzene rings is 2. The number of hydrogen-bond acceptors (Lipinski definition) is 4. The van der Waals surface area contributed by atoms with Crippen molar-refractivity contribution in [2.75, 3.05) is 25.2 Å². The van der Waals surface area contributed by atoms with Crippen LogP contribution < -0.4 is 19.7 Å². The van der Waals surface area contributed by atoms with Crippen LogP contribution in [0.3, 0.4) is 0 Å². The summed E-state index contributed by atoms with van der Waals surface area (Å²) >= 11 is 0. The van der Waals surface area contributed by atoms with Crippen molar-refractivity contribution in [1.29, 1.82) is 0 Å². The number of rotatable bonds is 8. The van der Waals surface area contributed by atoms with Gasteiger partial charge in [-0.2, -0.15) is 0 Å². The van der Waals surface area contributed by atoms with Gasteiger partial charge >= 0.3 is 0 Å².